The number of hydrogen-bond acceptors (Lipinski definition) is 4. The van der Waals surface area contributed by atoms with Crippen LogP contribution in [0.4, 0.5) is 0 Å². The number of nitrogens with zero attached hydrogens (tertiary/aromatic N) is 2. The van der Waals surface area contributed by atoms with Crippen LogP contribution in [-0.2, 0) is 22.4 Å². The number of hydrogen-bond donors (Lipinski definition) is 0. The van der Waals surface area contributed by atoms with Crippen LogP contribution in [0.3, 0.4) is 0 Å². The maximum absolute atomic E-state index is 13.6. The molecule has 3 aromatic rings. The highest BCUT2D eigenvalue weighted by molar-refractivity contribution is 7.10. The molecule has 184 valence electrons. The van der Waals surface area contributed by atoms with E-state index in [1.165, 1.54) is 4.88 Å². The molecule has 2 amide bonds. The average Bonchev–Trinajstić information content (AvgIpc) is 3.35. The number of carbonyl (C=O) groups is 2. The van der Waals surface area contributed by atoms with Crippen LogP contribution in [0.1, 0.15) is 42.3 Å². The highest BCUT2D eigenvalue weighted by Crippen LogP contribution is 2.34. The van der Waals surface area contributed by atoms with E-state index in [9.17, 15) is 9.59 Å². The number of carbonyl (C=O) groups excluding carboxylic acids is 2. The van der Waals surface area contributed by atoms with Crippen molar-refractivity contribution in [1.82, 2.24) is 9.80 Å². The minimum Gasteiger partial charge on any atom is -0.491 e. The Balaban J connectivity index is 1.48. The van der Waals surface area contributed by atoms with Crippen molar-refractivity contribution in [3.05, 3.63) is 88.1 Å². The topological polar surface area (TPSA) is 49.9 Å². The molecule has 1 aliphatic heterocycles. The number of thiophene rings is 1. The van der Waals surface area contributed by atoms with Crippen molar-refractivity contribution < 1.29 is 14.3 Å². The molecule has 0 saturated carbocycles. The predicted molar refractivity (Wildman–Crippen MR) is 141 cm³/mol. The largest absolute Gasteiger partial charge is 0.491 e. The summed E-state index contributed by atoms with van der Waals surface area (Å²) < 4.78 is 6.09. The van der Waals surface area contributed by atoms with E-state index >= 15 is 0 Å². The molecule has 0 bridgehead atoms. The highest BCUT2D eigenvalue weighted by Gasteiger charge is 2.33. The summed E-state index contributed by atoms with van der Waals surface area (Å²) in [6.45, 7) is 5.99. The Kier molecular flexibility index (Phi) is 8.59. The number of amides is 2. The Morgan fingerprint density at radius 2 is 1.77 bits per heavy atom. The van der Waals surface area contributed by atoms with Crippen LogP contribution in [0.25, 0.3) is 0 Å². The quantitative estimate of drug-likeness (QED) is 0.384. The Hall–Kier alpha value is -3.12. The lowest BCUT2D eigenvalue weighted by Crippen LogP contribution is -2.48. The summed E-state index contributed by atoms with van der Waals surface area (Å²) in [5, 5.41) is 2.09. The first-order valence-electron chi connectivity index (χ1n) is 12.4. The highest BCUT2D eigenvalue weighted by atomic mass is 32.1. The van der Waals surface area contributed by atoms with E-state index in [1.54, 1.807) is 16.2 Å². The summed E-state index contributed by atoms with van der Waals surface area (Å²) in [4.78, 5) is 31.8. The number of ether oxygens (including phenoxy) is 1. The van der Waals surface area contributed by atoms with Gasteiger partial charge in [-0.2, -0.15) is 0 Å². The number of benzene rings is 2. The smallest absolute Gasteiger partial charge is 0.242 e. The molecule has 2 heterocycles. The number of para-hydroxylation sites is 1. The van der Waals surface area contributed by atoms with Crippen molar-refractivity contribution in [1.29, 1.82) is 0 Å². The Morgan fingerprint density at radius 3 is 2.49 bits per heavy atom. The first kappa shape index (κ1) is 25.0. The summed E-state index contributed by atoms with van der Waals surface area (Å²) >= 11 is 1.74. The molecule has 2 aromatic carbocycles. The molecule has 4 rings (SSSR count). The number of rotatable bonds is 10. The van der Waals surface area contributed by atoms with Crippen LogP contribution < -0.4 is 4.74 Å². The van der Waals surface area contributed by atoms with E-state index in [2.05, 4.69) is 25.3 Å². The Bertz CT molecular complexity index is 1100. The molecule has 1 atom stereocenters. The van der Waals surface area contributed by atoms with E-state index in [0.29, 0.717) is 32.0 Å². The standard InChI is InChI=1S/C29H34N2O3S/c1-22(2)13-16-30(28(32)19-23-9-5-3-6-10-23)20-29(33)31-17-14-27-25(15-18-35-27)26(31)21-34-24-11-7-4-8-12-24/h3-12,15,18,22,26H,13-14,16-17,19-21H2,1-2H3/t26-/m0/s1. The Morgan fingerprint density at radius 1 is 1.06 bits per heavy atom. The van der Waals surface area contributed by atoms with Gasteiger partial charge in [-0.25, -0.2) is 0 Å². The first-order valence-corrected chi connectivity index (χ1v) is 13.2. The summed E-state index contributed by atoms with van der Waals surface area (Å²) in [5.74, 6) is 1.22. The molecular formula is C29H34N2O3S. The first-order chi connectivity index (χ1) is 17.0. The minimum absolute atomic E-state index is 0.00415. The SMILES string of the molecule is CC(C)CCN(CC(=O)N1CCc2sccc2[C@@H]1COc1ccccc1)C(=O)Cc1ccccc1. The lowest BCUT2D eigenvalue weighted by molar-refractivity contribution is -0.142. The van der Waals surface area contributed by atoms with Gasteiger partial charge in [0.15, 0.2) is 0 Å². The maximum Gasteiger partial charge on any atom is 0.242 e. The number of fused-ring (bicyclic) bond motifs is 1. The second-order valence-corrected chi connectivity index (χ2v) is 10.4. The summed E-state index contributed by atoms with van der Waals surface area (Å²) in [7, 11) is 0. The molecule has 6 heteroatoms. The van der Waals surface area contributed by atoms with Gasteiger partial charge < -0.3 is 14.5 Å². The molecule has 0 fully saturated rings. The third-order valence-electron chi connectivity index (χ3n) is 6.42. The predicted octanol–water partition coefficient (Wildman–Crippen LogP) is 5.37. The third-order valence-corrected chi connectivity index (χ3v) is 7.42. The van der Waals surface area contributed by atoms with Crippen LogP contribution in [0, 0.1) is 5.92 Å². The second-order valence-electron chi connectivity index (χ2n) is 9.44. The van der Waals surface area contributed by atoms with Gasteiger partial charge in [0, 0.05) is 18.0 Å². The molecule has 0 spiro atoms. The molecule has 0 aliphatic carbocycles. The minimum atomic E-state index is -0.158. The van der Waals surface area contributed by atoms with Gasteiger partial charge in [-0.15, -0.1) is 11.3 Å². The molecule has 0 unspecified atom stereocenters. The zero-order valence-electron chi connectivity index (χ0n) is 20.6. The van der Waals surface area contributed by atoms with E-state index in [-0.39, 0.29) is 24.4 Å². The lowest BCUT2D eigenvalue weighted by atomic mass is 10.00. The molecular weight excluding hydrogens is 456 g/mol. The molecule has 1 aliphatic rings. The van der Waals surface area contributed by atoms with Crippen molar-refractivity contribution in [3.8, 4) is 5.75 Å². The third kappa shape index (κ3) is 6.73. The van der Waals surface area contributed by atoms with Gasteiger partial charge in [-0.05, 0) is 53.5 Å². The van der Waals surface area contributed by atoms with Gasteiger partial charge in [0.1, 0.15) is 12.4 Å². The van der Waals surface area contributed by atoms with Gasteiger partial charge in [0.25, 0.3) is 0 Å². The fraction of sp³-hybridized carbons (Fsp3) is 0.379. The van der Waals surface area contributed by atoms with Gasteiger partial charge in [0.05, 0.1) is 19.0 Å². The Labute approximate surface area is 212 Å². The maximum atomic E-state index is 13.6. The van der Waals surface area contributed by atoms with E-state index in [4.69, 9.17) is 4.74 Å². The van der Waals surface area contributed by atoms with Crippen molar-refractivity contribution in [2.75, 3.05) is 26.2 Å². The van der Waals surface area contributed by atoms with Crippen LogP contribution in [0.15, 0.2) is 72.1 Å². The zero-order valence-corrected chi connectivity index (χ0v) is 21.4. The van der Waals surface area contributed by atoms with Gasteiger partial charge in [0.2, 0.25) is 11.8 Å². The van der Waals surface area contributed by atoms with Crippen molar-refractivity contribution in [3.63, 3.8) is 0 Å². The van der Waals surface area contributed by atoms with Crippen LogP contribution >= 0.6 is 11.3 Å². The monoisotopic (exact) mass is 490 g/mol. The zero-order chi connectivity index (χ0) is 24.6. The fourth-order valence-corrected chi connectivity index (χ4v) is 5.34. The van der Waals surface area contributed by atoms with Crippen LogP contribution in [-0.4, -0.2) is 47.9 Å². The van der Waals surface area contributed by atoms with Gasteiger partial charge in [-0.3, -0.25) is 9.59 Å². The van der Waals surface area contributed by atoms with Crippen molar-refractivity contribution in [2.24, 2.45) is 5.92 Å². The molecule has 5 nitrogen and oxygen atoms in total. The molecule has 0 radical (unpaired) electrons. The average molecular weight is 491 g/mol. The fourth-order valence-electron chi connectivity index (χ4n) is 4.41. The van der Waals surface area contributed by atoms with Crippen molar-refractivity contribution >= 4 is 23.2 Å². The summed E-state index contributed by atoms with van der Waals surface area (Å²) in [6.07, 6.45) is 2.01. The van der Waals surface area contributed by atoms with E-state index in [0.717, 1.165) is 29.7 Å². The van der Waals surface area contributed by atoms with Crippen molar-refractivity contribution in [2.45, 2.75) is 39.2 Å². The van der Waals surface area contributed by atoms with Crippen LogP contribution in [0.5, 0.6) is 5.75 Å². The molecule has 0 saturated heterocycles. The van der Waals surface area contributed by atoms with Crippen LogP contribution in [0.2, 0.25) is 0 Å². The molecule has 1 aromatic heterocycles. The van der Waals surface area contributed by atoms with Gasteiger partial charge >= 0.3 is 0 Å². The normalized spacial score (nSPS) is 15.1. The van der Waals surface area contributed by atoms with E-state index in [1.807, 2.05) is 65.6 Å². The second kappa shape index (κ2) is 12.0. The summed E-state index contributed by atoms with van der Waals surface area (Å²) in [6, 6.07) is 21.4. The lowest BCUT2D eigenvalue weighted by Gasteiger charge is -2.37. The van der Waals surface area contributed by atoms with E-state index < -0.39 is 0 Å². The van der Waals surface area contributed by atoms with Gasteiger partial charge in [-0.1, -0.05) is 62.4 Å². The summed E-state index contributed by atoms with van der Waals surface area (Å²) in [5.41, 5.74) is 2.13. The molecule has 0 N–H and O–H groups in total. The molecule has 35 heavy (non-hydrogen) atoms.